The molecule has 0 spiro atoms. The van der Waals surface area contributed by atoms with E-state index in [4.69, 9.17) is 14.6 Å². The molecule has 1 aromatic heterocycles. The van der Waals surface area contributed by atoms with Crippen LogP contribution in [0.1, 0.15) is 38.4 Å². The Morgan fingerprint density at radius 3 is 2.53 bits per heavy atom. The van der Waals surface area contributed by atoms with Gasteiger partial charge in [0.25, 0.3) is 0 Å². The van der Waals surface area contributed by atoms with Crippen LogP contribution in [0, 0.1) is 18.7 Å². The van der Waals surface area contributed by atoms with Crippen molar-refractivity contribution in [3.63, 3.8) is 0 Å². The molecule has 2 aromatic carbocycles. The number of rotatable bonds is 13. The number of halogens is 1. The lowest BCUT2D eigenvalue weighted by Crippen LogP contribution is -2.35. The number of para-hydroxylation sites is 1. The van der Waals surface area contributed by atoms with Crippen molar-refractivity contribution >= 4 is 0 Å². The van der Waals surface area contributed by atoms with Crippen molar-refractivity contribution in [1.29, 1.82) is 0 Å². The summed E-state index contributed by atoms with van der Waals surface area (Å²) in [5, 5.41) is 15.3. The first-order chi connectivity index (χ1) is 16.4. The molecule has 0 bridgehead atoms. The SMILES string of the molecule is CCCN(Cc1c(C)nn(-c2ccccc2)c1Oc1cccc(F)c1)C[C@@H](O)COCC(C)C. The van der Waals surface area contributed by atoms with E-state index in [0.29, 0.717) is 43.9 Å². The van der Waals surface area contributed by atoms with Crippen LogP contribution in [0.5, 0.6) is 11.6 Å². The maximum atomic E-state index is 13.9. The fourth-order valence-corrected chi connectivity index (χ4v) is 3.78. The highest BCUT2D eigenvalue weighted by Crippen LogP contribution is 2.32. The van der Waals surface area contributed by atoms with Crippen molar-refractivity contribution < 1.29 is 19.0 Å². The quantitative estimate of drug-likeness (QED) is 0.365. The number of benzene rings is 2. The maximum absolute atomic E-state index is 13.9. The predicted molar refractivity (Wildman–Crippen MR) is 132 cm³/mol. The number of aryl methyl sites for hydroxylation is 1. The number of nitrogens with zero attached hydrogens (tertiary/aromatic N) is 3. The van der Waals surface area contributed by atoms with Gasteiger partial charge in [-0.05, 0) is 50.1 Å². The van der Waals surface area contributed by atoms with Crippen molar-refractivity contribution in [1.82, 2.24) is 14.7 Å². The molecular weight excluding hydrogens is 433 g/mol. The monoisotopic (exact) mass is 469 g/mol. The largest absolute Gasteiger partial charge is 0.438 e. The first-order valence-corrected chi connectivity index (χ1v) is 11.9. The van der Waals surface area contributed by atoms with Gasteiger partial charge >= 0.3 is 0 Å². The van der Waals surface area contributed by atoms with Gasteiger partial charge in [-0.25, -0.2) is 9.07 Å². The van der Waals surface area contributed by atoms with E-state index >= 15 is 0 Å². The minimum atomic E-state index is -0.595. The predicted octanol–water partition coefficient (Wildman–Crippen LogP) is 5.36. The Hall–Kier alpha value is -2.74. The third-order valence-electron chi connectivity index (χ3n) is 5.30. The molecule has 6 nitrogen and oxygen atoms in total. The molecule has 0 aliphatic heterocycles. The lowest BCUT2D eigenvalue weighted by atomic mass is 10.2. The van der Waals surface area contributed by atoms with Crippen molar-refractivity contribution in [2.75, 3.05) is 26.3 Å². The molecular formula is C27H36FN3O3. The van der Waals surface area contributed by atoms with E-state index in [1.165, 1.54) is 12.1 Å². The zero-order valence-electron chi connectivity index (χ0n) is 20.6. The normalized spacial score (nSPS) is 12.5. The van der Waals surface area contributed by atoms with Crippen LogP contribution in [-0.4, -0.2) is 52.2 Å². The molecule has 0 aliphatic carbocycles. The summed E-state index contributed by atoms with van der Waals surface area (Å²) in [5.74, 6) is 1.01. The summed E-state index contributed by atoms with van der Waals surface area (Å²) in [4.78, 5) is 2.18. The molecule has 3 rings (SSSR count). The molecule has 1 heterocycles. The summed E-state index contributed by atoms with van der Waals surface area (Å²) in [5.41, 5.74) is 2.58. The summed E-state index contributed by atoms with van der Waals surface area (Å²) in [6, 6.07) is 15.8. The van der Waals surface area contributed by atoms with E-state index in [-0.39, 0.29) is 5.82 Å². The molecule has 0 unspecified atom stereocenters. The number of ether oxygens (including phenoxy) is 2. The third-order valence-corrected chi connectivity index (χ3v) is 5.30. The van der Waals surface area contributed by atoms with Crippen LogP contribution in [0.25, 0.3) is 5.69 Å². The van der Waals surface area contributed by atoms with Gasteiger partial charge in [-0.15, -0.1) is 0 Å². The van der Waals surface area contributed by atoms with Gasteiger partial charge < -0.3 is 14.6 Å². The first-order valence-electron chi connectivity index (χ1n) is 11.9. The second-order valence-electron chi connectivity index (χ2n) is 9.00. The van der Waals surface area contributed by atoms with Gasteiger partial charge in [0.1, 0.15) is 11.6 Å². The molecule has 3 aromatic rings. The number of hydrogen-bond donors (Lipinski definition) is 1. The molecule has 184 valence electrons. The van der Waals surface area contributed by atoms with Gasteiger partial charge in [0.15, 0.2) is 0 Å². The molecule has 0 amide bonds. The lowest BCUT2D eigenvalue weighted by Gasteiger charge is -2.25. The van der Waals surface area contributed by atoms with Gasteiger partial charge in [-0.1, -0.05) is 45.0 Å². The van der Waals surface area contributed by atoms with Crippen LogP contribution in [0.15, 0.2) is 54.6 Å². The number of aromatic nitrogens is 2. The van der Waals surface area contributed by atoms with Crippen LogP contribution in [0.2, 0.25) is 0 Å². The number of aliphatic hydroxyl groups is 1. The third kappa shape index (κ3) is 7.38. The Labute approximate surface area is 201 Å². The first kappa shape index (κ1) is 25.9. The van der Waals surface area contributed by atoms with E-state index in [9.17, 15) is 9.50 Å². The Morgan fingerprint density at radius 2 is 1.85 bits per heavy atom. The van der Waals surface area contributed by atoms with Crippen LogP contribution in [0.3, 0.4) is 0 Å². The fraction of sp³-hybridized carbons (Fsp3) is 0.444. The Morgan fingerprint density at radius 1 is 1.09 bits per heavy atom. The highest BCUT2D eigenvalue weighted by Gasteiger charge is 2.22. The molecule has 0 radical (unpaired) electrons. The smallest absolute Gasteiger partial charge is 0.227 e. The zero-order chi connectivity index (χ0) is 24.5. The van der Waals surface area contributed by atoms with Crippen molar-refractivity contribution in [3.8, 4) is 17.3 Å². The average molecular weight is 470 g/mol. The molecule has 0 saturated heterocycles. The van der Waals surface area contributed by atoms with E-state index < -0.39 is 6.10 Å². The topological polar surface area (TPSA) is 59.8 Å². The van der Waals surface area contributed by atoms with E-state index in [2.05, 4.69) is 25.7 Å². The molecule has 1 N–H and O–H groups in total. The fourth-order valence-electron chi connectivity index (χ4n) is 3.78. The molecule has 0 fully saturated rings. The van der Waals surface area contributed by atoms with Crippen molar-refractivity contribution in [2.24, 2.45) is 5.92 Å². The summed E-state index contributed by atoms with van der Waals surface area (Å²) in [7, 11) is 0. The minimum Gasteiger partial charge on any atom is -0.438 e. The van der Waals surface area contributed by atoms with E-state index in [0.717, 1.165) is 29.9 Å². The van der Waals surface area contributed by atoms with Crippen LogP contribution < -0.4 is 4.74 Å². The molecule has 0 saturated carbocycles. The van der Waals surface area contributed by atoms with E-state index in [1.807, 2.05) is 37.3 Å². The van der Waals surface area contributed by atoms with Crippen LogP contribution in [0.4, 0.5) is 4.39 Å². The van der Waals surface area contributed by atoms with Gasteiger partial charge in [0.2, 0.25) is 5.88 Å². The average Bonchev–Trinajstić information content (AvgIpc) is 3.09. The van der Waals surface area contributed by atoms with Gasteiger partial charge in [0, 0.05) is 25.8 Å². The summed E-state index contributed by atoms with van der Waals surface area (Å²) in [6.07, 6.45) is 0.341. The second-order valence-corrected chi connectivity index (χ2v) is 9.00. The standard InChI is InChI=1S/C27H36FN3O3/c1-5-14-30(16-24(32)19-33-18-20(2)3)17-26-21(4)29-31(23-11-7-6-8-12-23)27(26)34-25-13-9-10-22(28)15-25/h6-13,15,20,24,32H,5,14,16-19H2,1-4H3/t24-/m1/s1. The molecule has 7 heteroatoms. The number of aliphatic hydroxyl groups excluding tert-OH is 1. The summed E-state index contributed by atoms with van der Waals surface area (Å²) >= 11 is 0. The van der Waals surface area contributed by atoms with Crippen LogP contribution in [-0.2, 0) is 11.3 Å². The van der Waals surface area contributed by atoms with Gasteiger partial charge in [0.05, 0.1) is 29.7 Å². The van der Waals surface area contributed by atoms with Crippen molar-refractivity contribution in [2.45, 2.75) is 46.8 Å². The Balaban J connectivity index is 1.88. The molecule has 0 aliphatic rings. The maximum Gasteiger partial charge on any atom is 0.227 e. The zero-order valence-corrected chi connectivity index (χ0v) is 20.6. The van der Waals surface area contributed by atoms with Gasteiger partial charge in [-0.3, -0.25) is 4.90 Å². The molecule has 1 atom stereocenters. The van der Waals surface area contributed by atoms with Gasteiger partial charge in [-0.2, -0.15) is 5.10 Å². The molecule has 34 heavy (non-hydrogen) atoms. The second kappa shape index (κ2) is 12.6. The minimum absolute atomic E-state index is 0.299. The summed E-state index contributed by atoms with van der Waals surface area (Å²) < 4.78 is 27.5. The van der Waals surface area contributed by atoms with Crippen LogP contribution >= 0.6 is 0 Å². The van der Waals surface area contributed by atoms with Crippen molar-refractivity contribution in [3.05, 3.63) is 71.7 Å². The highest BCUT2D eigenvalue weighted by atomic mass is 19.1. The lowest BCUT2D eigenvalue weighted by molar-refractivity contribution is 0.00681. The number of hydrogen-bond acceptors (Lipinski definition) is 5. The summed E-state index contributed by atoms with van der Waals surface area (Å²) in [6.45, 7) is 11.0. The Bertz CT molecular complexity index is 1020. The Kier molecular flexibility index (Phi) is 9.62. The van der Waals surface area contributed by atoms with E-state index in [1.54, 1.807) is 16.8 Å². The highest BCUT2D eigenvalue weighted by molar-refractivity contribution is 5.43.